The van der Waals surface area contributed by atoms with E-state index in [-0.39, 0.29) is 11.5 Å². The standard InChI is InChI=1S/C20H19ClFN3O3S/c1-11-9-18(24-19(11)20(26)13-3-5-14(21)6-4-13)12(2)16-8-7-15(10-17(16)22)25-29(23,27)28/h3-10,12,24-25H,1-2H3,(H2,23,27,28). The molecule has 1 unspecified atom stereocenters. The van der Waals surface area contributed by atoms with Crippen LogP contribution in [0.15, 0.2) is 48.5 Å². The van der Waals surface area contributed by atoms with E-state index in [4.69, 9.17) is 16.7 Å². The smallest absolute Gasteiger partial charge is 0.296 e. The van der Waals surface area contributed by atoms with E-state index in [1.165, 1.54) is 12.1 Å². The molecule has 0 spiro atoms. The fourth-order valence-corrected chi connectivity index (χ4v) is 3.65. The second-order valence-electron chi connectivity index (χ2n) is 6.72. The number of aromatic amines is 1. The van der Waals surface area contributed by atoms with Crippen LogP contribution in [-0.4, -0.2) is 19.2 Å². The third kappa shape index (κ3) is 4.84. The number of rotatable bonds is 6. The first kappa shape index (κ1) is 21.0. The first-order valence-electron chi connectivity index (χ1n) is 8.65. The van der Waals surface area contributed by atoms with Crippen molar-refractivity contribution in [3.8, 4) is 0 Å². The summed E-state index contributed by atoms with van der Waals surface area (Å²) in [5.41, 5.74) is 2.68. The summed E-state index contributed by atoms with van der Waals surface area (Å²) in [6.07, 6.45) is 0. The Morgan fingerprint density at radius 1 is 1.17 bits per heavy atom. The van der Waals surface area contributed by atoms with Gasteiger partial charge in [0, 0.05) is 22.2 Å². The molecule has 0 aliphatic heterocycles. The molecule has 1 aromatic heterocycles. The molecule has 0 aliphatic rings. The molecule has 9 heteroatoms. The Morgan fingerprint density at radius 2 is 1.83 bits per heavy atom. The number of hydrogen-bond acceptors (Lipinski definition) is 3. The molecule has 0 bridgehead atoms. The van der Waals surface area contributed by atoms with Crippen molar-refractivity contribution in [2.45, 2.75) is 19.8 Å². The minimum Gasteiger partial charge on any atom is -0.355 e. The minimum absolute atomic E-state index is 0.0298. The predicted octanol–water partition coefficient (Wildman–Crippen LogP) is 4.11. The fraction of sp³-hybridized carbons (Fsp3) is 0.150. The largest absolute Gasteiger partial charge is 0.355 e. The molecule has 1 heterocycles. The number of benzene rings is 2. The van der Waals surface area contributed by atoms with Crippen LogP contribution in [-0.2, 0) is 10.2 Å². The summed E-state index contributed by atoms with van der Waals surface area (Å²) in [4.78, 5) is 15.9. The number of halogens is 2. The van der Waals surface area contributed by atoms with E-state index in [1.54, 1.807) is 44.2 Å². The number of nitrogens with two attached hydrogens (primary N) is 1. The van der Waals surface area contributed by atoms with Gasteiger partial charge in [-0.05, 0) is 60.5 Å². The SMILES string of the molecule is Cc1cc(C(C)c2ccc(NS(N)(=O)=O)cc2F)[nH]c1C(=O)c1ccc(Cl)cc1. The Hall–Kier alpha value is -2.68. The molecule has 29 heavy (non-hydrogen) atoms. The number of ketones is 1. The molecule has 0 aliphatic carbocycles. The fourth-order valence-electron chi connectivity index (χ4n) is 3.07. The van der Waals surface area contributed by atoms with Gasteiger partial charge in [0.25, 0.3) is 10.2 Å². The zero-order valence-electron chi connectivity index (χ0n) is 15.7. The van der Waals surface area contributed by atoms with E-state index in [2.05, 4.69) is 4.98 Å². The number of nitrogens with one attached hydrogen (secondary N) is 2. The Morgan fingerprint density at radius 3 is 2.41 bits per heavy atom. The number of H-pyrrole nitrogens is 1. The van der Waals surface area contributed by atoms with Gasteiger partial charge < -0.3 is 4.98 Å². The highest BCUT2D eigenvalue weighted by molar-refractivity contribution is 7.90. The average molecular weight is 436 g/mol. The molecule has 2 aromatic carbocycles. The van der Waals surface area contributed by atoms with Gasteiger partial charge in [-0.1, -0.05) is 24.6 Å². The zero-order valence-corrected chi connectivity index (χ0v) is 17.2. The molecular weight excluding hydrogens is 417 g/mol. The van der Waals surface area contributed by atoms with Crippen LogP contribution in [0.25, 0.3) is 0 Å². The lowest BCUT2D eigenvalue weighted by atomic mass is 9.97. The summed E-state index contributed by atoms with van der Waals surface area (Å²) in [7, 11) is -3.99. The van der Waals surface area contributed by atoms with E-state index in [0.717, 1.165) is 11.6 Å². The zero-order chi connectivity index (χ0) is 21.3. The van der Waals surface area contributed by atoms with Gasteiger partial charge in [0.2, 0.25) is 5.78 Å². The monoisotopic (exact) mass is 435 g/mol. The highest BCUT2D eigenvalue weighted by Crippen LogP contribution is 2.29. The van der Waals surface area contributed by atoms with Crippen molar-refractivity contribution in [3.05, 3.63) is 87.4 Å². The van der Waals surface area contributed by atoms with Gasteiger partial charge in [-0.15, -0.1) is 0 Å². The molecule has 4 N–H and O–H groups in total. The maximum Gasteiger partial charge on any atom is 0.296 e. The Kier molecular flexibility index (Phi) is 5.79. The lowest BCUT2D eigenvalue weighted by Crippen LogP contribution is -2.21. The van der Waals surface area contributed by atoms with E-state index in [1.807, 2.05) is 4.72 Å². The van der Waals surface area contributed by atoms with Gasteiger partial charge in [0.1, 0.15) is 5.82 Å². The van der Waals surface area contributed by atoms with Crippen LogP contribution in [0, 0.1) is 12.7 Å². The topological polar surface area (TPSA) is 105 Å². The molecular formula is C20H19ClFN3O3S. The summed E-state index contributed by atoms with van der Waals surface area (Å²) >= 11 is 5.87. The average Bonchev–Trinajstić information content (AvgIpc) is 3.02. The molecule has 0 amide bonds. The van der Waals surface area contributed by atoms with Crippen LogP contribution in [0.3, 0.4) is 0 Å². The summed E-state index contributed by atoms with van der Waals surface area (Å²) in [6.45, 7) is 3.58. The van der Waals surface area contributed by atoms with Crippen LogP contribution < -0.4 is 9.86 Å². The van der Waals surface area contributed by atoms with Gasteiger partial charge >= 0.3 is 0 Å². The molecule has 0 saturated heterocycles. The molecule has 0 saturated carbocycles. The van der Waals surface area contributed by atoms with Gasteiger partial charge in [-0.25, -0.2) is 9.53 Å². The molecule has 3 aromatic rings. The van der Waals surface area contributed by atoms with E-state index in [0.29, 0.717) is 27.5 Å². The summed E-state index contributed by atoms with van der Waals surface area (Å²) in [6, 6.07) is 12.3. The Bertz CT molecular complexity index is 1170. The number of anilines is 1. The molecule has 6 nitrogen and oxygen atoms in total. The number of carbonyl (C=O) groups is 1. The first-order chi connectivity index (χ1) is 13.5. The molecule has 0 radical (unpaired) electrons. The van der Waals surface area contributed by atoms with Gasteiger partial charge in [0.15, 0.2) is 0 Å². The van der Waals surface area contributed by atoms with E-state index < -0.39 is 21.9 Å². The van der Waals surface area contributed by atoms with Crippen molar-refractivity contribution < 1.29 is 17.6 Å². The summed E-state index contributed by atoms with van der Waals surface area (Å²) in [5, 5.41) is 5.44. The van der Waals surface area contributed by atoms with Crippen molar-refractivity contribution >= 4 is 33.3 Å². The van der Waals surface area contributed by atoms with E-state index >= 15 is 0 Å². The second kappa shape index (κ2) is 7.98. The predicted molar refractivity (Wildman–Crippen MR) is 111 cm³/mol. The third-order valence-corrected chi connectivity index (χ3v) is 5.33. The van der Waals surface area contributed by atoms with Crippen LogP contribution >= 0.6 is 11.6 Å². The summed E-state index contributed by atoms with van der Waals surface area (Å²) < 4.78 is 38.8. The third-order valence-electron chi connectivity index (χ3n) is 4.56. The summed E-state index contributed by atoms with van der Waals surface area (Å²) in [5.74, 6) is -1.18. The lowest BCUT2D eigenvalue weighted by Gasteiger charge is -2.13. The molecule has 0 fully saturated rings. The number of aromatic nitrogens is 1. The highest BCUT2D eigenvalue weighted by Gasteiger charge is 2.20. The van der Waals surface area contributed by atoms with Crippen molar-refractivity contribution in [2.75, 3.05) is 4.72 Å². The number of carbonyl (C=O) groups excluding carboxylic acids is 1. The highest BCUT2D eigenvalue weighted by atomic mass is 35.5. The van der Waals surface area contributed by atoms with Gasteiger partial charge in [-0.3, -0.25) is 9.52 Å². The normalized spacial score (nSPS) is 12.6. The van der Waals surface area contributed by atoms with E-state index in [9.17, 15) is 17.6 Å². The molecule has 3 rings (SSSR count). The maximum atomic E-state index is 14.6. The van der Waals surface area contributed by atoms with Crippen LogP contribution in [0.1, 0.15) is 45.7 Å². The maximum absolute atomic E-state index is 14.6. The Labute approximate surface area is 173 Å². The van der Waals surface area contributed by atoms with Crippen molar-refractivity contribution in [1.29, 1.82) is 0 Å². The second-order valence-corrected chi connectivity index (χ2v) is 8.45. The van der Waals surface area contributed by atoms with Crippen LogP contribution in [0.4, 0.5) is 10.1 Å². The quantitative estimate of drug-likeness (QED) is 0.507. The molecule has 152 valence electrons. The van der Waals surface area contributed by atoms with Gasteiger partial charge in [-0.2, -0.15) is 8.42 Å². The Balaban J connectivity index is 1.89. The van der Waals surface area contributed by atoms with Crippen molar-refractivity contribution in [1.82, 2.24) is 4.98 Å². The minimum atomic E-state index is -3.99. The van der Waals surface area contributed by atoms with Gasteiger partial charge in [0.05, 0.1) is 11.4 Å². The lowest BCUT2D eigenvalue weighted by molar-refractivity contribution is 0.103. The van der Waals surface area contributed by atoms with Crippen molar-refractivity contribution in [2.24, 2.45) is 5.14 Å². The van der Waals surface area contributed by atoms with Crippen molar-refractivity contribution in [3.63, 3.8) is 0 Å². The van der Waals surface area contributed by atoms with Crippen LogP contribution in [0.2, 0.25) is 5.02 Å². The molecule has 1 atom stereocenters. The first-order valence-corrected chi connectivity index (χ1v) is 10.6. The number of aryl methyl sites for hydroxylation is 1. The number of hydrogen-bond donors (Lipinski definition) is 3. The van der Waals surface area contributed by atoms with Crippen LogP contribution in [0.5, 0.6) is 0 Å².